The maximum atomic E-state index is 6.11. The molecule has 0 fully saturated rings. The van der Waals surface area contributed by atoms with Crippen molar-refractivity contribution in [1.29, 1.82) is 0 Å². The van der Waals surface area contributed by atoms with Gasteiger partial charge in [0.1, 0.15) is 11.5 Å². The first-order valence-corrected chi connectivity index (χ1v) is 6.46. The maximum absolute atomic E-state index is 6.11. The average molecular weight is 282 g/mol. The topological polar surface area (TPSA) is 22.1 Å². The molecule has 0 N–H and O–H groups in total. The van der Waals surface area contributed by atoms with Gasteiger partial charge < -0.3 is 4.74 Å². The first kappa shape index (κ1) is 13.2. The van der Waals surface area contributed by atoms with Gasteiger partial charge in [-0.1, -0.05) is 11.6 Å². The van der Waals surface area contributed by atoms with Crippen LogP contribution in [-0.2, 0) is 5.88 Å². The van der Waals surface area contributed by atoms with E-state index < -0.39 is 0 Å². The van der Waals surface area contributed by atoms with Gasteiger partial charge in [-0.2, -0.15) is 0 Å². The van der Waals surface area contributed by atoms with E-state index in [-0.39, 0.29) is 0 Å². The lowest BCUT2D eigenvalue weighted by Crippen LogP contribution is -1.90. The third-order valence-corrected chi connectivity index (χ3v) is 3.47. The summed E-state index contributed by atoms with van der Waals surface area (Å²) >= 11 is 11.9. The first-order chi connectivity index (χ1) is 8.60. The molecule has 0 amide bonds. The normalized spacial score (nSPS) is 10.4. The van der Waals surface area contributed by atoms with Crippen molar-refractivity contribution in [2.45, 2.75) is 19.7 Å². The molecular weight excluding hydrogens is 269 g/mol. The summed E-state index contributed by atoms with van der Waals surface area (Å²) in [4.78, 5) is 4.08. The van der Waals surface area contributed by atoms with E-state index >= 15 is 0 Å². The molecule has 2 aromatic rings. The number of ether oxygens (including phenoxy) is 1. The minimum absolute atomic E-state index is 0.420. The molecular formula is C14H13Cl2NO. The number of pyridine rings is 1. The van der Waals surface area contributed by atoms with E-state index in [0.29, 0.717) is 11.6 Å². The Kier molecular flexibility index (Phi) is 4.10. The lowest BCUT2D eigenvalue weighted by molar-refractivity contribution is 0.479. The van der Waals surface area contributed by atoms with Gasteiger partial charge in [0, 0.05) is 17.1 Å². The highest BCUT2D eigenvalue weighted by Gasteiger charge is 2.05. The van der Waals surface area contributed by atoms with Crippen molar-refractivity contribution in [2.24, 2.45) is 0 Å². The molecule has 2 nitrogen and oxygen atoms in total. The van der Waals surface area contributed by atoms with Gasteiger partial charge in [-0.05, 0) is 48.7 Å². The van der Waals surface area contributed by atoms with E-state index in [1.807, 2.05) is 32.0 Å². The first-order valence-electron chi connectivity index (χ1n) is 5.54. The van der Waals surface area contributed by atoms with Crippen LogP contribution in [0.2, 0.25) is 5.02 Å². The SMILES string of the molecule is Cc1cc(Oc2cncc(CCl)c2)cc(C)c1Cl. The van der Waals surface area contributed by atoms with Gasteiger partial charge >= 0.3 is 0 Å². The van der Waals surface area contributed by atoms with Gasteiger partial charge in [-0.15, -0.1) is 11.6 Å². The summed E-state index contributed by atoms with van der Waals surface area (Å²) < 4.78 is 5.76. The molecule has 0 spiro atoms. The number of halogens is 2. The monoisotopic (exact) mass is 281 g/mol. The Morgan fingerprint density at radius 1 is 1.06 bits per heavy atom. The van der Waals surface area contributed by atoms with Crippen molar-refractivity contribution in [3.05, 3.63) is 52.3 Å². The summed E-state index contributed by atoms with van der Waals surface area (Å²) in [6.07, 6.45) is 3.38. The second-order valence-electron chi connectivity index (χ2n) is 4.14. The molecule has 1 aromatic heterocycles. The summed E-state index contributed by atoms with van der Waals surface area (Å²) in [5.41, 5.74) is 2.91. The zero-order chi connectivity index (χ0) is 13.1. The Labute approximate surface area is 117 Å². The number of aryl methyl sites for hydroxylation is 2. The van der Waals surface area contributed by atoms with Crippen molar-refractivity contribution in [3.8, 4) is 11.5 Å². The number of alkyl halides is 1. The Morgan fingerprint density at radius 2 is 1.72 bits per heavy atom. The predicted octanol–water partition coefficient (Wildman–Crippen LogP) is 4.88. The lowest BCUT2D eigenvalue weighted by atomic mass is 10.1. The Bertz CT molecular complexity index is 546. The molecule has 0 saturated carbocycles. The Balaban J connectivity index is 2.28. The van der Waals surface area contributed by atoms with Crippen molar-refractivity contribution in [2.75, 3.05) is 0 Å². The van der Waals surface area contributed by atoms with E-state index in [2.05, 4.69) is 4.98 Å². The number of nitrogens with zero attached hydrogens (tertiary/aromatic N) is 1. The van der Waals surface area contributed by atoms with Crippen LogP contribution < -0.4 is 4.74 Å². The lowest BCUT2D eigenvalue weighted by Gasteiger charge is -2.09. The number of aromatic nitrogens is 1. The molecule has 4 heteroatoms. The van der Waals surface area contributed by atoms with Crippen LogP contribution in [0.3, 0.4) is 0 Å². The van der Waals surface area contributed by atoms with E-state index in [1.54, 1.807) is 12.4 Å². The standard InChI is InChI=1S/C14H13Cl2NO/c1-9-3-12(4-10(2)14(9)16)18-13-5-11(6-15)7-17-8-13/h3-5,7-8H,6H2,1-2H3. The van der Waals surface area contributed by atoms with E-state index in [1.165, 1.54) is 0 Å². The molecule has 0 aliphatic carbocycles. The van der Waals surface area contributed by atoms with E-state index in [4.69, 9.17) is 27.9 Å². The Morgan fingerprint density at radius 3 is 2.33 bits per heavy atom. The van der Waals surface area contributed by atoms with Crippen molar-refractivity contribution < 1.29 is 4.74 Å². The molecule has 0 atom stereocenters. The van der Waals surface area contributed by atoms with Crippen LogP contribution in [0.1, 0.15) is 16.7 Å². The van der Waals surface area contributed by atoms with Crippen LogP contribution >= 0.6 is 23.2 Å². The van der Waals surface area contributed by atoms with Crippen LogP contribution in [0.25, 0.3) is 0 Å². The molecule has 1 heterocycles. The van der Waals surface area contributed by atoms with Crippen LogP contribution in [0.5, 0.6) is 11.5 Å². The van der Waals surface area contributed by atoms with Crippen LogP contribution in [0.4, 0.5) is 0 Å². The summed E-state index contributed by atoms with van der Waals surface area (Å²) in [5.74, 6) is 1.85. The van der Waals surface area contributed by atoms with Crippen molar-refractivity contribution in [3.63, 3.8) is 0 Å². The van der Waals surface area contributed by atoms with Gasteiger partial charge in [-0.25, -0.2) is 0 Å². The molecule has 0 aliphatic rings. The summed E-state index contributed by atoms with van der Waals surface area (Å²) in [7, 11) is 0. The zero-order valence-corrected chi connectivity index (χ0v) is 11.7. The fourth-order valence-corrected chi connectivity index (χ4v) is 1.95. The van der Waals surface area contributed by atoms with E-state index in [9.17, 15) is 0 Å². The van der Waals surface area contributed by atoms with Crippen LogP contribution in [0.15, 0.2) is 30.6 Å². The number of hydrogen-bond acceptors (Lipinski definition) is 2. The summed E-state index contributed by atoms with van der Waals surface area (Å²) in [6.45, 7) is 3.91. The second-order valence-corrected chi connectivity index (χ2v) is 4.78. The average Bonchev–Trinajstić information content (AvgIpc) is 2.36. The van der Waals surface area contributed by atoms with Gasteiger partial charge in [0.25, 0.3) is 0 Å². The van der Waals surface area contributed by atoms with Crippen molar-refractivity contribution in [1.82, 2.24) is 4.98 Å². The minimum Gasteiger partial charge on any atom is -0.456 e. The fraction of sp³-hybridized carbons (Fsp3) is 0.214. The summed E-state index contributed by atoms with van der Waals surface area (Å²) in [6, 6.07) is 5.69. The molecule has 0 radical (unpaired) electrons. The maximum Gasteiger partial charge on any atom is 0.146 e. The van der Waals surface area contributed by atoms with Gasteiger partial charge in [0.05, 0.1) is 6.20 Å². The van der Waals surface area contributed by atoms with Gasteiger partial charge in [-0.3, -0.25) is 4.98 Å². The van der Waals surface area contributed by atoms with Gasteiger partial charge in [0.15, 0.2) is 0 Å². The smallest absolute Gasteiger partial charge is 0.146 e. The molecule has 0 aliphatic heterocycles. The second kappa shape index (κ2) is 5.59. The van der Waals surface area contributed by atoms with Gasteiger partial charge in [0.2, 0.25) is 0 Å². The molecule has 94 valence electrons. The third-order valence-electron chi connectivity index (χ3n) is 2.57. The molecule has 0 unspecified atom stereocenters. The molecule has 2 rings (SSSR count). The Hall–Kier alpha value is -1.25. The minimum atomic E-state index is 0.420. The highest BCUT2D eigenvalue weighted by atomic mass is 35.5. The quantitative estimate of drug-likeness (QED) is 0.748. The number of rotatable bonds is 3. The van der Waals surface area contributed by atoms with Crippen LogP contribution in [-0.4, -0.2) is 4.98 Å². The predicted molar refractivity (Wildman–Crippen MR) is 74.8 cm³/mol. The van der Waals surface area contributed by atoms with E-state index in [0.717, 1.165) is 27.5 Å². The molecule has 18 heavy (non-hydrogen) atoms. The zero-order valence-electron chi connectivity index (χ0n) is 10.2. The van der Waals surface area contributed by atoms with Crippen molar-refractivity contribution >= 4 is 23.2 Å². The third kappa shape index (κ3) is 2.95. The number of hydrogen-bond donors (Lipinski definition) is 0. The number of benzene rings is 1. The summed E-state index contributed by atoms with van der Waals surface area (Å²) in [5, 5.41) is 0.773. The largest absolute Gasteiger partial charge is 0.456 e. The highest BCUT2D eigenvalue weighted by molar-refractivity contribution is 6.32. The molecule has 0 bridgehead atoms. The molecule has 0 saturated heterocycles. The highest BCUT2D eigenvalue weighted by Crippen LogP contribution is 2.29. The van der Waals surface area contributed by atoms with Crippen LogP contribution in [0, 0.1) is 13.8 Å². The fourth-order valence-electron chi connectivity index (χ4n) is 1.69. The molecule has 1 aromatic carbocycles.